The van der Waals surface area contributed by atoms with Gasteiger partial charge in [-0.3, -0.25) is 0 Å². The molecule has 0 saturated carbocycles. The number of esters is 2. The number of carbonyl (C=O) groups is 2. The van der Waals surface area contributed by atoms with Crippen molar-refractivity contribution in [1.82, 2.24) is 0 Å². The van der Waals surface area contributed by atoms with E-state index in [0.717, 1.165) is 11.8 Å². The summed E-state index contributed by atoms with van der Waals surface area (Å²) in [7, 11) is 0. The van der Waals surface area contributed by atoms with Crippen molar-refractivity contribution in [2.24, 2.45) is 0 Å². The van der Waals surface area contributed by atoms with Gasteiger partial charge >= 0.3 is 11.9 Å². The molecule has 104 valence electrons. The van der Waals surface area contributed by atoms with Gasteiger partial charge in [-0.1, -0.05) is 0 Å². The molecule has 0 aliphatic heterocycles. The largest absolute Gasteiger partial charge is 0.479 e. The van der Waals surface area contributed by atoms with Gasteiger partial charge < -0.3 is 14.2 Å². The summed E-state index contributed by atoms with van der Waals surface area (Å²) < 4.78 is 13.4. The maximum atomic E-state index is 11.9. The van der Waals surface area contributed by atoms with Crippen LogP contribution in [-0.4, -0.2) is 40.9 Å². The van der Waals surface area contributed by atoms with E-state index in [0.29, 0.717) is 6.61 Å². The average molecular weight is 294 g/mol. The molecule has 0 aliphatic carbocycles. The van der Waals surface area contributed by atoms with Gasteiger partial charge in [-0.05, 0) is 51.7 Å². The summed E-state index contributed by atoms with van der Waals surface area (Å²) in [4.78, 5) is 23.7. The van der Waals surface area contributed by atoms with Gasteiger partial charge in [-0.15, -0.1) is 0 Å². The molecule has 0 N–H and O–H groups in total. The molecule has 5 nitrogen and oxygen atoms in total. The van der Waals surface area contributed by atoms with Crippen LogP contribution in [0.15, 0.2) is 0 Å². The van der Waals surface area contributed by atoms with E-state index in [9.17, 15) is 9.59 Å². The molecule has 0 aromatic carbocycles. The van der Waals surface area contributed by atoms with Gasteiger partial charge in [0.1, 0.15) is 0 Å². The number of ether oxygens (including phenoxy) is 3. The minimum absolute atomic E-state index is 0.112. The lowest BCUT2D eigenvalue weighted by molar-refractivity contribution is -0.157. The van der Waals surface area contributed by atoms with Crippen LogP contribution in [0.25, 0.3) is 0 Å². The first-order valence-electron chi connectivity index (χ1n) is 5.62. The second-order valence-electron chi connectivity index (χ2n) is 3.26. The van der Waals surface area contributed by atoms with Crippen molar-refractivity contribution in [3.05, 3.63) is 0 Å². The molecule has 0 atom stereocenters. The highest BCUT2D eigenvalue weighted by molar-refractivity contribution is 8.24. The first-order chi connectivity index (χ1) is 8.42. The van der Waals surface area contributed by atoms with Crippen molar-refractivity contribution in [3.63, 3.8) is 0 Å². The van der Waals surface area contributed by atoms with Gasteiger partial charge in [0, 0.05) is 0 Å². The van der Waals surface area contributed by atoms with Crippen LogP contribution in [0.4, 0.5) is 0 Å². The fraction of sp³-hybridized carbons (Fsp3) is 0.727. The van der Waals surface area contributed by atoms with E-state index in [2.05, 4.69) is 0 Å². The Morgan fingerprint density at radius 3 is 1.72 bits per heavy atom. The molecule has 0 bridgehead atoms. The molecule has 0 aliphatic rings. The molecular weight excluding hydrogens is 276 g/mol. The van der Waals surface area contributed by atoms with Gasteiger partial charge in [0.25, 0.3) is 0 Å². The molecule has 0 amide bonds. The van der Waals surface area contributed by atoms with E-state index in [1.165, 1.54) is 6.92 Å². The lowest BCUT2D eigenvalue weighted by Gasteiger charge is -2.24. The standard InChI is InChI=1S/C11H18O5S2/c1-5-14-8(12)11(4,9(13)15-6-2)18-10(17)16-7-3/h5-7H2,1-4H3. The summed E-state index contributed by atoms with van der Waals surface area (Å²) in [6.07, 6.45) is 0. The summed E-state index contributed by atoms with van der Waals surface area (Å²) in [5, 5.41) is 0. The summed E-state index contributed by atoms with van der Waals surface area (Å²) in [6, 6.07) is 0. The lowest BCUT2D eigenvalue weighted by Crippen LogP contribution is -2.44. The van der Waals surface area contributed by atoms with Crippen LogP contribution in [0.2, 0.25) is 0 Å². The van der Waals surface area contributed by atoms with E-state index < -0.39 is 16.7 Å². The molecular formula is C11H18O5S2. The van der Waals surface area contributed by atoms with Crippen molar-refractivity contribution in [2.75, 3.05) is 19.8 Å². The molecule has 18 heavy (non-hydrogen) atoms. The van der Waals surface area contributed by atoms with E-state index in [1.807, 2.05) is 0 Å². The van der Waals surface area contributed by atoms with Crippen molar-refractivity contribution in [3.8, 4) is 0 Å². The third-order valence-corrected chi connectivity index (χ3v) is 3.27. The Morgan fingerprint density at radius 2 is 1.39 bits per heavy atom. The lowest BCUT2D eigenvalue weighted by atomic mass is 10.2. The molecule has 0 spiro atoms. The first-order valence-corrected chi connectivity index (χ1v) is 6.85. The number of rotatable bonds is 6. The number of hydrogen-bond acceptors (Lipinski definition) is 7. The first kappa shape index (κ1) is 17.2. The van der Waals surface area contributed by atoms with E-state index in [1.54, 1.807) is 20.8 Å². The predicted octanol–water partition coefficient (Wildman–Crippen LogP) is 1.93. The van der Waals surface area contributed by atoms with Gasteiger partial charge in [0.05, 0.1) is 19.8 Å². The molecule has 0 aromatic rings. The van der Waals surface area contributed by atoms with Crippen molar-refractivity contribution < 1.29 is 23.8 Å². The maximum Gasteiger partial charge on any atom is 0.334 e. The highest BCUT2D eigenvalue weighted by atomic mass is 32.2. The van der Waals surface area contributed by atoms with Gasteiger partial charge in [-0.25, -0.2) is 9.59 Å². The third kappa shape index (κ3) is 4.81. The summed E-state index contributed by atoms with van der Waals surface area (Å²) in [5.74, 6) is -1.37. The highest BCUT2D eigenvalue weighted by Gasteiger charge is 2.46. The number of thioether (sulfide) groups is 1. The number of carbonyl (C=O) groups excluding carboxylic acids is 2. The van der Waals surface area contributed by atoms with Crippen LogP contribution < -0.4 is 0 Å². The molecule has 0 fully saturated rings. The quantitative estimate of drug-likeness (QED) is 0.421. The Bertz CT molecular complexity index is 299. The summed E-state index contributed by atoms with van der Waals surface area (Å²) >= 11 is 5.76. The maximum absolute atomic E-state index is 11.9. The zero-order chi connectivity index (χ0) is 14.2. The van der Waals surface area contributed by atoms with Crippen LogP contribution in [-0.2, 0) is 23.8 Å². The second kappa shape index (κ2) is 8.31. The fourth-order valence-corrected chi connectivity index (χ4v) is 2.43. The normalized spacial score (nSPS) is 10.7. The SMILES string of the molecule is CCOC(=O)C(C)(SC(=S)OCC)C(=O)OCC. The van der Waals surface area contributed by atoms with Gasteiger partial charge in [0.15, 0.2) is 0 Å². The molecule has 0 saturated heterocycles. The Kier molecular flexibility index (Phi) is 7.93. The van der Waals surface area contributed by atoms with Gasteiger partial charge in [0.2, 0.25) is 9.13 Å². The number of thiocarbonyl (C=S) groups is 1. The molecule has 0 radical (unpaired) electrons. The summed E-state index contributed by atoms with van der Waals surface area (Å²) in [5.41, 5.74) is 0. The monoisotopic (exact) mass is 294 g/mol. The van der Waals surface area contributed by atoms with Crippen LogP contribution in [0.5, 0.6) is 0 Å². The van der Waals surface area contributed by atoms with Crippen LogP contribution >= 0.6 is 24.0 Å². The minimum Gasteiger partial charge on any atom is -0.479 e. The summed E-state index contributed by atoms with van der Waals surface area (Å²) in [6.45, 7) is 7.22. The second-order valence-corrected chi connectivity index (χ2v) is 5.28. The van der Waals surface area contributed by atoms with E-state index >= 15 is 0 Å². The highest BCUT2D eigenvalue weighted by Crippen LogP contribution is 2.30. The minimum atomic E-state index is -1.53. The molecule has 0 aromatic heterocycles. The molecule has 0 heterocycles. The van der Waals surface area contributed by atoms with Gasteiger partial charge in [-0.2, -0.15) is 0 Å². The smallest absolute Gasteiger partial charge is 0.334 e. The Morgan fingerprint density at radius 1 is 1.00 bits per heavy atom. The topological polar surface area (TPSA) is 61.8 Å². The van der Waals surface area contributed by atoms with E-state index in [4.69, 9.17) is 26.4 Å². The predicted molar refractivity (Wildman–Crippen MR) is 73.5 cm³/mol. The van der Waals surface area contributed by atoms with Crippen LogP contribution in [0.3, 0.4) is 0 Å². The van der Waals surface area contributed by atoms with Crippen molar-refractivity contribution in [1.29, 1.82) is 0 Å². The zero-order valence-corrected chi connectivity index (χ0v) is 12.6. The van der Waals surface area contributed by atoms with E-state index in [-0.39, 0.29) is 17.6 Å². The Labute approximate surface area is 117 Å². The van der Waals surface area contributed by atoms with Crippen LogP contribution in [0, 0.1) is 0 Å². The van der Waals surface area contributed by atoms with Crippen molar-refractivity contribution >= 4 is 40.3 Å². The molecule has 0 rings (SSSR count). The molecule has 7 heteroatoms. The van der Waals surface area contributed by atoms with Crippen molar-refractivity contribution in [2.45, 2.75) is 32.4 Å². The third-order valence-electron chi connectivity index (χ3n) is 1.88. The zero-order valence-electron chi connectivity index (χ0n) is 11.0. The number of hydrogen-bond donors (Lipinski definition) is 0. The Balaban J connectivity index is 4.96. The van der Waals surface area contributed by atoms with Crippen LogP contribution in [0.1, 0.15) is 27.7 Å². The fourth-order valence-electron chi connectivity index (χ4n) is 1.02. The Hall–Kier alpha value is -0.820. The average Bonchev–Trinajstić information content (AvgIpc) is 2.29. The molecule has 0 unspecified atom stereocenters.